The second-order valence-corrected chi connectivity index (χ2v) is 5.96. The molecule has 1 aromatic rings. The molecule has 4 nitrogen and oxygen atoms in total. The molecule has 0 saturated heterocycles. The number of rotatable bonds is 5. The van der Waals surface area contributed by atoms with E-state index < -0.39 is 0 Å². The molecule has 0 amide bonds. The lowest BCUT2D eigenvalue weighted by molar-refractivity contribution is 0.135. The summed E-state index contributed by atoms with van der Waals surface area (Å²) in [4.78, 5) is 4.63. The minimum absolute atomic E-state index is 0.167. The Hall–Kier alpha value is -1.26. The highest BCUT2D eigenvalue weighted by Gasteiger charge is 2.40. The Morgan fingerprint density at radius 3 is 2.65 bits per heavy atom. The highest BCUT2D eigenvalue weighted by molar-refractivity contribution is 6.30. The average Bonchev–Trinajstić information content (AvgIpc) is 3.22. The van der Waals surface area contributed by atoms with Gasteiger partial charge in [-0.25, -0.2) is 4.99 Å². The zero-order valence-corrected chi connectivity index (χ0v) is 12.4. The second kappa shape index (κ2) is 5.62. The summed E-state index contributed by atoms with van der Waals surface area (Å²) < 4.78 is 0. The van der Waals surface area contributed by atoms with Crippen LogP contribution in [0.25, 0.3) is 0 Å². The Labute approximate surface area is 124 Å². The standard InChI is InChI=1S/C15H20ClN3O/c1-2-14(20)9-18-10-17-15(11-3-4-11)19(18)13-7-5-12(16)6-8-13/h5-8,10-11,14-15,20H,2-4,9H2,1H3. The van der Waals surface area contributed by atoms with Gasteiger partial charge in [0, 0.05) is 10.9 Å². The number of hydrogen-bond donors (Lipinski definition) is 1. The summed E-state index contributed by atoms with van der Waals surface area (Å²) in [6.07, 6.45) is 4.89. The maximum Gasteiger partial charge on any atom is 0.144 e. The molecular weight excluding hydrogens is 274 g/mol. The molecule has 0 aromatic heterocycles. The molecule has 2 atom stereocenters. The van der Waals surface area contributed by atoms with Gasteiger partial charge in [-0.2, -0.15) is 0 Å². The van der Waals surface area contributed by atoms with E-state index in [1.165, 1.54) is 12.8 Å². The minimum Gasteiger partial charge on any atom is -0.391 e. The Balaban J connectivity index is 1.82. The fourth-order valence-corrected chi connectivity index (χ4v) is 2.63. The van der Waals surface area contributed by atoms with E-state index in [-0.39, 0.29) is 12.3 Å². The Morgan fingerprint density at radius 1 is 1.35 bits per heavy atom. The van der Waals surface area contributed by atoms with E-state index in [0.29, 0.717) is 12.5 Å². The minimum atomic E-state index is -0.339. The van der Waals surface area contributed by atoms with Gasteiger partial charge in [0.25, 0.3) is 0 Å². The number of nitrogens with zero attached hydrogens (tertiary/aromatic N) is 3. The molecule has 1 fully saturated rings. The largest absolute Gasteiger partial charge is 0.391 e. The van der Waals surface area contributed by atoms with Crippen molar-refractivity contribution in [3.63, 3.8) is 0 Å². The summed E-state index contributed by atoms with van der Waals surface area (Å²) >= 11 is 5.97. The third-order valence-electron chi connectivity index (χ3n) is 3.88. The molecule has 1 aliphatic carbocycles. The summed E-state index contributed by atoms with van der Waals surface area (Å²) in [5, 5.41) is 14.9. The third-order valence-corrected chi connectivity index (χ3v) is 4.14. The quantitative estimate of drug-likeness (QED) is 0.907. The van der Waals surface area contributed by atoms with Crippen molar-refractivity contribution < 1.29 is 5.11 Å². The van der Waals surface area contributed by atoms with Gasteiger partial charge >= 0.3 is 0 Å². The van der Waals surface area contributed by atoms with E-state index in [0.717, 1.165) is 17.1 Å². The Kier molecular flexibility index (Phi) is 3.85. The van der Waals surface area contributed by atoms with Gasteiger partial charge in [-0.1, -0.05) is 18.5 Å². The number of aliphatic hydroxyl groups is 1. The lowest BCUT2D eigenvalue weighted by atomic mass is 10.2. The normalized spacial score (nSPS) is 23.4. The van der Waals surface area contributed by atoms with Crippen LogP contribution in [0, 0.1) is 5.92 Å². The van der Waals surface area contributed by atoms with Crippen LogP contribution in [0.4, 0.5) is 5.69 Å². The first-order chi connectivity index (χ1) is 9.69. The van der Waals surface area contributed by atoms with Gasteiger partial charge in [-0.05, 0) is 43.5 Å². The Morgan fingerprint density at radius 2 is 2.05 bits per heavy atom. The fraction of sp³-hybridized carbons (Fsp3) is 0.533. The maximum atomic E-state index is 9.92. The zero-order chi connectivity index (χ0) is 14.1. The average molecular weight is 294 g/mol. The van der Waals surface area contributed by atoms with E-state index >= 15 is 0 Å². The van der Waals surface area contributed by atoms with Crippen LogP contribution in [0.3, 0.4) is 0 Å². The van der Waals surface area contributed by atoms with Gasteiger partial charge in [0.1, 0.15) is 12.5 Å². The first-order valence-electron chi connectivity index (χ1n) is 7.21. The van der Waals surface area contributed by atoms with Gasteiger partial charge in [-0.15, -0.1) is 0 Å². The molecule has 2 aliphatic rings. The number of hydrazine groups is 1. The summed E-state index contributed by atoms with van der Waals surface area (Å²) in [6.45, 7) is 2.56. The van der Waals surface area contributed by atoms with Crippen molar-refractivity contribution in [3.8, 4) is 0 Å². The topological polar surface area (TPSA) is 39.1 Å². The van der Waals surface area contributed by atoms with Crippen molar-refractivity contribution in [3.05, 3.63) is 29.3 Å². The molecule has 108 valence electrons. The van der Waals surface area contributed by atoms with Crippen LogP contribution < -0.4 is 5.01 Å². The number of anilines is 1. The molecule has 1 heterocycles. The molecule has 3 rings (SSSR count). The zero-order valence-electron chi connectivity index (χ0n) is 11.6. The first-order valence-corrected chi connectivity index (χ1v) is 7.59. The summed E-state index contributed by atoms with van der Waals surface area (Å²) in [5.41, 5.74) is 1.08. The van der Waals surface area contributed by atoms with E-state index in [1.807, 2.05) is 42.5 Å². The van der Waals surface area contributed by atoms with Gasteiger partial charge in [0.05, 0.1) is 18.3 Å². The first kappa shape index (κ1) is 13.7. The maximum absolute atomic E-state index is 9.92. The van der Waals surface area contributed by atoms with E-state index in [2.05, 4.69) is 10.0 Å². The van der Waals surface area contributed by atoms with Crippen LogP contribution in [-0.2, 0) is 0 Å². The van der Waals surface area contributed by atoms with E-state index in [4.69, 9.17) is 11.6 Å². The van der Waals surface area contributed by atoms with E-state index in [1.54, 1.807) is 0 Å². The van der Waals surface area contributed by atoms with Crippen LogP contribution in [-0.4, -0.2) is 35.3 Å². The summed E-state index contributed by atoms with van der Waals surface area (Å²) in [6, 6.07) is 7.82. The Bertz CT molecular complexity index is 486. The number of aliphatic imine (C=N–C) groups is 1. The third kappa shape index (κ3) is 2.76. The molecule has 5 heteroatoms. The van der Waals surface area contributed by atoms with Crippen LogP contribution in [0.1, 0.15) is 26.2 Å². The molecule has 1 aromatic carbocycles. The van der Waals surface area contributed by atoms with Crippen molar-refractivity contribution >= 4 is 23.6 Å². The van der Waals surface area contributed by atoms with Gasteiger partial charge in [0.2, 0.25) is 0 Å². The van der Waals surface area contributed by atoms with Crippen LogP contribution >= 0.6 is 11.6 Å². The lowest BCUT2D eigenvalue weighted by Crippen LogP contribution is -2.46. The van der Waals surface area contributed by atoms with E-state index in [9.17, 15) is 5.11 Å². The summed E-state index contributed by atoms with van der Waals surface area (Å²) in [5.74, 6) is 0.630. The van der Waals surface area contributed by atoms with Gasteiger partial charge in [-0.3, -0.25) is 10.0 Å². The lowest BCUT2D eigenvalue weighted by Gasteiger charge is -2.35. The van der Waals surface area contributed by atoms with Crippen molar-refractivity contribution in [2.24, 2.45) is 10.9 Å². The molecule has 0 radical (unpaired) electrons. The molecule has 1 saturated carbocycles. The number of benzene rings is 1. The second-order valence-electron chi connectivity index (χ2n) is 5.52. The van der Waals surface area contributed by atoms with Crippen LogP contribution in [0.15, 0.2) is 29.3 Å². The number of aliphatic hydroxyl groups excluding tert-OH is 1. The molecule has 20 heavy (non-hydrogen) atoms. The number of halogens is 1. The number of β-amino-alcohol motifs (C(OH)–C–C–N with tert-alkyl or cyclic N) is 1. The molecular formula is C15H20ClN3O. The number of hydrogen-bond acceptors (Lipinski definition) is 4. The van der Waals surface area contributed by atoms with Gasteiger partial charge in [0.15, 0.2) is 0 Å². The molecule has 2 unspecified atom stereocenters. The molecule has 1 N–H and O–H groups in total. The monoisotopic (exact) mass is 293 g/mol. The van der Waals surface area contributed by atoms with Crippen molar-refractivity contribution in [2.45, 2.75) is 38.5 Å². The van der Waals surface area contributed by atoms with Crippen molar-refractivity contribution in [2.75, 3.05) is 11.6 Å². The smallest absolute Gasteiger partial charge is 0.144 e. The highest BCUT2D eigenvalue weighted by atomic mass is 35.5. The highest BCUT2D eigenvalue weighted by Crippen LogP contribution is 2.40. The van der Waals surface area contributed by atoms with Gasteiger partial charge < -0.3 is 5.11 Å². The molecule has 0 bridgehead atoms. The van der Waals surface area contributed by atoms with Crippen LogP contribution in [0.2, 0.25) is 5.02 Å². The molecule has 1 aliphatic heterocycles. The molecule has 0 spiro atoms. The fourth-order valence-electron chi connectivity index (χ4n) is 2.51. The van der Waals surface area contributed by atoms with Crippen LogP contribution in [0.5, 0.6) is 0 Å². The predicted octanol–water partition coefficient (Wildman–Crippen LogP) is 2.91. The summed E-state index contributed by atoms with van der Waals surface area (Å²) in [7, 11) is 0. The SMILES string of the molecule is CCC(O)CN1C=NC(C2CC2)N1c1ccc(Cl)cc1. The predicted molar refractivity (Wildman–Crippen MR) is 81.9 cm³/mol. The van der Waals surface area contributed by atoms with Crippen molar-refractivity contribution in [1.82, 2.24) is 5.01 Å². The van der Waals surface area contributed by atoms with Crippen molar-refractivity contribution in [1.29, 1.82) is 0 Å².